The zero-order chi connectivity index (χ0) is 25.2. The van der Waals surface area contributed by atoms with Gasteiger partial charge in [0, 0.05) is 19.0 Å². The Bertz CT molecular complexity index is 1150. The predicted molar refractivity (Wildman–Crippen MR) is 126 cm³/mol. The summed E-state index contributed by atoms with van der Waals surface area (Å²) < 4.78 is 60.1. The minimum absolute atomic E-state index is 0. The number of hydrogen-bond acceptors (Lipinski definition) is 6. The fourth-order valence-electron chi connectivity index (χ4n) is 4.01. The number of allylic oxidation sites excluding steroid dienone is 2. The SMILES string of the molecule is C[C@@H](C(=O)Nc1cnc(Oc2ccc(F)cc2F)cn1)N1CCC(F)(F)C([N+]2([O-])C=CC=CC2)C1.Cl. The van der Waals surface area contributed by atoms with Gasteiger partial charge in [-0.1, -0.05) is 6.08 Å². The van der Waals surface area contributed by atoms with Gasteiger partial charge in [0.2, 0.25) is 11.8 Å². The molecular weight excluding hydrogens is 506 g/mol. The number of piperidine rings is 1. The molecule has 194 valence electrons. The minimum atomic E-state index is -3.17. The molecule has 4 rings (SSSR count). The van der Waals surface area contributed by atoms with Gasteiger partial charge in [-0.25, -0.2) is 18.7 Å². The number of halogens is 5. The number of aromatic nitrogens is 2. The van der Waals surface area contributed by atoms with Gasteiger partial charge < -0.3 is 19.9 Å². The van der Waals surface area contributed by atoms with Crippen molar-refractivity contribution in [3.63, 3.8) is 0 Å². The van der Waals surface area contributed by atoms with E-state index in [0.717, 1.165) is 18.3 Å². The van der Waals surface area contributed by atoms with Gasteiger partial charge in [-0.2, -0.15) is 8.78 Å². The third kappa shape index (κ3) is 6.01. The van der Waals surface area contributed by atoms with Crippen molar-refractivity contribution < 1.29 is 31.7 Å². The Kier molecular flexibility index (Phi) is 8.34. The summed E-state index contributed by atoms with van der Waals surface area (Å²) in [7, 11) is 0. The molecule has 13 heteroatoms. The minimum Gasteiger partial charge on any atom is -0.627 e. The molecule has 2 unspecified atom stereocenters. The van der Waals surface area contributed by atoms with Crippen LogP contribution >= 0.6 is 12.4 Å². The van der Waals surface area contributed by atoms with Crippen molar-refractivity contribution >= 4 is 24.1 Å². The molecule has 0 saturated carbocycles. The average Bonchev–Trinajstić information content (AvgIpc) is 2.82. The van der Waals surface area contributed by atoms with Crippen molar-refractivity contribution in [2.45, 2.75) is 31.4 Å². The van der Waals surface area contributed by atoms with E-state index < -0.39 is 46.6 Å². The number of nitrogens with one attached hydrogen (secondary N) is 1. The number of hydrogen-bond donors (Lipinski definition) is 1. The van der Waals surface area contributed by atoms with Crippen LogP contribution in [-0.4, -0.2) is 63.1 Å². The number of benzene rings is 1. The van der Waals surface area contributed by atoms with Crippen molar-refractivity contribution in [1.82, 2.24) is 14.9 Å². The number of nitrogens with zero attached hydrogens (tertiary/aromatic N) is 4. The van der Waals surface area contributed by atoms with Gasteiger partial charge in [-0.3, -0.25) is 9.69 Å². The number of ether oxygens (including phenoxy) is 1. The molecular formula is C23H24ClF4N5O3. The van der Waals surface area contributed by atoms with E-state index in [-0.39, 0.29) is 49.5 Å². The Morgan fingerprint density at radius 3 is 2.69 bits per heavy atom. The van der Waals surface area contributed by atoms with E-state index >= 15 is 0 Å². The number of anilines is 1. The molecule has 3 atom stereocenters. The first kappa shape index (κ1) is 27.5. The first-order chi connectivity index (χ1) is 16.6. The predicted octanol–water partition coefficient (Wildman–Crippen LogP) is 4.40. The molecule has 0 aliphatic carbocycles. The highest BCUT2D eigenvalue weighted by molar-refractivity contribution is 5.93. The van der Waals surface area contributed by atoms with Crippen molar-refractivity contribution in [3.8, 4) is 11.6 Å². The lowest BCUT2D eigenvalue weighted by molar-refractivity contribution is -0.862. The van der Waals surface area contributed by atoms with Crippen LogP contribution in [-0.2, 0) is 4.79 Å². The van der Waals surface area contributed by atoms with Crippen molar-refractivity contribution in [3.05, 3.63) is 71.9 Å². The summed E-state index contributed by atoms with van der Waals surface area (Å²) in [5, 5.41) is 15.6. The second-order valence-electron chi connectivity index (χ2n) is 8.41. The summed E-state index contributed by atoms with van der Waals surface area (Å²) in [4.78, 5) is 22.2. The summed E-state index contributed by atoms with van der Waals surface area (Å²) in [6, 6.07) is 0.418. The second-order valence-corrected chi connectivity index (χ2v) is 8.41. The zero-order valence-electron chi connectivity index (χ0n) is 19.1. The number of alkyl halides is 2. The number of likely N-dealkylation sites (tertiary alicyclic amines) is 1. The summed E-state index contributed by atoms with van der Waals surface area (Å²) in [5.41, 5.74) is 0. The molecule has 1 saturated heterocycles. The Balaban J connectivity index is 0.00000361. The van der Waals surface area contributed by atoms with E-state index in [4.69, 9.17) is 4.74 Å². The highest BCUT2D eigenvalue weighted by atomic mass is 35.5. The maximum Gasteiger partial charge on any atom is 0.301 e. The third-order valence-corrected chi connectivity index (χ3v) is 6.05. The first-order valence-corrected chi connectivity index (χ1v) is 10.9. The molecule has 0 bridgehead atoms. The van der Waals surface area contributed by atoms with Crippen LogP contribution in [0.4, 0.5) is 23.4 Å². The third-order valence-electron chi connectivity index (χ3n) is 6.05. The Labute approximate surface area is 210 Å². The van der Waals surface area contributed by atoms with Gasteiger partial charge in [0.05, 0.1) is 31.2 Å². The molecule has 3 heterocycles. The highest BCUT2D eigenvalue weighted by Crippen LogP contribution is 2.37. The van der Waals surface area contributed by atoms with Crippen molar-refractivity contribution in [2.75, 3.05) is 25.0 Å². The lowest BCUT2D eigenvalue weighted by atomic mass is 9.97. The Morgan fingerprint density at radius 2 is 2.06 bits per heavy atom. The van der Waals surface area contributed by atoms with Crippen molar-refractivity contribution in [1.29, 1.82) is 0 Å². The largest absolute Gasteiger partial charge is 0.627 e. The van der Waals surface area contributed by atoms with Crippen LogP contribution in [0.15, 0.2) is 55.0 Å². The molecule has 2 aliphatic heterocycles. The molecule has 0 radical (unpaired) electrons. The average molecular weight is 530 g/mol. The fourth-order valence-corrected chi connectivity index (χ4v) is 4.01. The number of quaternary nitrogens is 1. The number of carbonyl (C=O) groups is 1. The van der Waals surface area contributed by atoms with E-state index in [1.807, 2.05) is 0 Å². The van der Waals surface area contributed by atoms with E-state index in [0.29, 0.717) is 6.07 Å². The van der Waals surface area contributed by atoms with Crippen LogP contribution in [0.5, 0.6) is 11.6 Å². The van der Waals surface area contributed by atoms with Crippen LogP contribution in [0.2, 0.25) is 0 Å². The highest BCUT2D eigenvalue weighted by Gasteiger charge is 2.53. The van der Waals surface area contributed by atoms with E-state index in [1.165, 1.54) is 18.5 Å². The molecule has 2 aliphatic rings. The van der Waals surface area contributed by atoms with Gasteiger partial charge in [0.1, 0.15) is 12.4 Å². The van der Waals surface area contributed by atoms with Crippen LogP contribution in [0.1, 0.15) is 13.3 Å². The number of rotatable bonds is 6. The molecule has 1 fully saturated rings. The van der Waals surface area contributed by atoms with Gasteiger partial charge >= 0.3 is 5.92 Å². The van der Waals surface area contributed by atoms with Crippen LogP contribution in [0.25, 0.3) is 0 Å². The normalized spacial score (nSPS) is 24.0. The summed E-state index contributed by atoms with van der Waals surface area (Å²) >= 11 is 0. The summed E-state index contributed by atoms with van der Waals surface area (Å²) in [6.45, 7) is 1.14. The maximum atomic E-state index is 14.6. The molecule has 1 N–H and O–H groups in total. The summed E-state index contributed by atoms with van der Waals surface area (Å²) in [6.07, 6.45) is 7.63. The lowest BCUT2D eigenvalue weighted by Gasteiger charge is -2.52. The van der Waals surface area contributed by atoms with Gasteiger partial charge in [-0.15, -0.1) is 12.4 Å². The quantitative estimate of drug-likeness (QED) is 0.339. The van der Waals surface area contributed by atoms with E-state index in [1.54, 1.807) is 24.0 Å². The molecule has 0 spiro atoms. The molecule has 2 aromatic rings. The standard InChI is InChI=1S/C23H23F4N5O3.ClH/c1-15(31-8-7-23(26,27)19(14-31)32(34)9-3-2-4-10-32)22(33)30-20-12-29-21(13-28-20)35-18-6-5-16(24)11-17(18)25;/h2-6,9,11-13,15,19H,7-8,10,14H2,1H3,(H,28,30,33);1H/t15-,19?,32?;/m0./s1. The van der Waals surface area contributed by atoms with Crippen LogP contribution in [0, 0.1) is 16.8 Å². The molecule has 1 amide bonds. The number of amides is 1. The Morgan fingerprint density at radius 1 is 1.28 bits per heavy atom. The second kappa shape index (κ2) is 10.9. The monoisotopic (exact) mass is 529 g/mol. The van der Waals surface area contributed by atoms with Gasteiger partial charge in [0.25, 0.3) is 0 Å². The maximum absolute atomic E-state index is 14.6. The topological polar surface area (TPSA) is 90.4 Å². The van der Waals surface area contributed by atoms with Gasteiger partial charge in [0.15, 0.2) is 23.4 Å². The van der Waals surface area contributed by atoms with Crippen LogP contribution < -0.4 is 10.1 Å². The zero-order valence-corrected chi connectivity index (χ0v) is 19.9. The van der Waals surface area contributed by atoms with Gasteiger partial charge in [-0.05, 0) is 31.2 Å². The van der Waals surface area contributed by atoms with E-state index in [9.17, 15) is 27.6 Å². The smallest absolute Gasteiger partial charge is 0.301 e. The summed E-state index contributed by atoms with van der Waals surface area (Å²) in [5.74, 6) is -5.64. The molecule has 8 nitrogen and oxygen atoms in total. The first-order valence-electron chi connectivity index (χ1n) is 10.9. The van der Waals surface area contributed by atoms with Crippen LogP contribution in [0.3, 0.4) is 0 Å². The lowest BCUT2D eigenvalue weighted by Crippen LogP contribution is -2.65. The Hall–Kier alpha value is -3.06. The number of carbonyl (C=O) groups excluding carboxylic acids is 1. The molecule has 1 aromatic heterocycles. The van der Waals surface area contributed by atoms with E-state index in [2.05, 4.69) is 15.3 Å². The van der Waals surface area contributed by atoms with Crippen molar-refractivity contribution in [2.24, 2.45) is 0 Å². The molecule has 1 aromatic carbocycles. The molecule has 36 heavy (non-hydrogen) atoms. The fraction of sp³-hybridized carbons (Fsp3) is 0.348. The number of hydroxylamine groups is 3.